The number of nitrogens with zero attached hydrogens (tertiary/aromatic N) is 1. The number of carbonyl (C=O) groups excluding carboxylic acids is 6. The summed E-state index contributed by atoms with van der Waals surface area (Å²) in [5, 5.41) is 5.13. The number of hydrogen-bond acceptors (Lipinski definition) is 9. The molecular weight excluding hydrogens is 743 g/mol. The average molecular weight is 806 g/mol. The van der Waals surface area contributed by atoms with Crippen molar-refractivity contribution in [3.8, 4) is 0 Å². The minimum Gasteiger partial charge on any atom is -0.460 e. The number of amides is 3. The lowest BCUT2D eigenvalue weighted by Gasteiger charge is -2.25. The number of ether oxygens (including phenoxy) is 2. The highest BCUT2D eigenvalue weighted by Gasteiger charge is 2.37. The van der Waals surface area contributed by atoms with Gasteiger partial charge in [-0.1, -0.05) is 163 Å². The van der Waals surface area contributed by atoms with Gasteiger partial charge in [-0.25, -0.2) is 4.79 Å². The number of esters is 1. The first-order valence-corrected chi connectivity index (χ1v) is 21.8. The van der Waals surface area contributed by atoms with Gasteiger partial charge in [-0.15, -0.1) is 0 Å². The van der Waals surface area contributed by atoms with E-state index >= 15 is 0 Å². The summed E-state index contributed by atoms with van der Waals surface area (Å²) < 4.78 is 10.5. The smallest absolute Gasteiger partial charge is 0.410 e. The Labute approximate surface area is 343 Å². The van der Waals surface area contributed by atoms with Crippen LogP contribution in [0.25, 0.3) is 0 Å². The van der Waals surface area contributed by atoms with Crippen molar-refractivity contribution in [3.63, 3.8) is 0 Å². The number of rotatable bonds is 28. The second kappa shape index (κ2) is 28.0. The number of carbonyl (C=O) groups is 6. The Morgan fingerprint density at radius 1 is 0.825 bits per heavy atom. The van der Waals surface area contributed by atoms with E-state index in [1.807, 2.05) is 30.3 Å². The standard InChI is InChI=1S/C45H63N3O8S/c1-3-5-6-7-8-9-10-11-12-13-14-15-19-24-42(51)57-34-38(43(52)46-32-41(50)55-30-4-2)47-44(53)39-23-20-29-48(39)45(54)56-33-36-25-27-37(28-26-36)40(49)31-35-21-17-16-18-22-35/h4,16-18,21-22,25-28,38-39H,2-3,5-15,19-20,23-24,29-34H2,1H3,(H,46,52)(H,47,53)/t38-,39-/m0/s1. The first-order chi connectivity index (χ1) is 27.7. The summed E-state index contributed by atoms with van der Waals surface area (Å²) in [5.41, 5.74) is 2.16. The molecule has 1 aliphatic heterocycles. The minimum absolute atomic E-state index is 0.00816. The van der Waals surface area contributed by atoms with Crippen LogP contribution < -0.4 is 10.6 Å². The van der Waals surface area contributed by atoms with Crippen molar-refractivity contribution in [2.75, 3.05) is 25.4 Å². The molecule has 0 unspecified atom stereocenters. The van der Waals surface area contributed by atoms with E-state index in [9.17, 15) is 28.8 Å². The minimum atomic E-state index is -1.13. The summed E-state index contributed by atoms with van der Waals surface area (Å²) in [7, 11) is 0. The van der Waals surface area contributed by atoms with E-state index in [1.165, 1.54) is 68.8 Å². The molecular formula is C45H63N3O8S. The second-order valence-electron chi connectivity index (χ2n) is 14.6. The van der Waals surface area contributed by atoms with E-state index in [4.69, 9.17) is 9.47 Å². The molecule has 2 aromatic carbocycles. The van der Waals surface area contributed by atoms with E-state index in [-0.39, 0.29) is 36.3 Å². The monoisotopic (exact) mass is 805 g/mol. The van der Waals surface area contributed by atoms with Crippen LogP contribution in [0.5, 0.6) is 0 Å². The summed E-state index contributed by atoms with van der Waals surface area (Å²) in [6.07, 6.45) is 18.0. The molecule has 0 aliphatic carbocycles. The van der Waals surface area contributed by atoms with Crippen molar-refractivity contribution in [2.45, 2.75) is 135 Å². The molecule has 1 heterocycles. The maximum Gasteiger partial charge on any atom is 0.410 e. The Morgan fingerprint density at radius 2 is 1.46 bits per heavy atom. The van der Waals surface area contributed by atoms with Gasteiger partial charge in [0.25, 0.3) is 0 Å². The second-order valence-corrected chi connectivity index (χ2v) is 15.7. The van der Waals surface area contributed by atoms with Crippen LogP contribution in [-0.4, -0.2) is 77.2 Å². The summed E-state index contributed by atoms with van der Waals surface area (Å²) in [6, 6.07) is 14.3. The van der Waals surface area contributed by atoms with Crippen molar-refractivity contribution in [1.29, 1.82) is 0 Å². The summed E-state index contributed by atoms with van der Waals surface area (Å²) in [5.74, 6) is -1.91. The molecule has 2 aromatic rings. The Balaban J connectivity index is 1.45. The van der Waals surface area contributed by atoms with Crippen molar-refractivity contribution < 1.29 is 38.2 Å². The van der Waals surface area contributed by atoms with Gasteiger partial charge in [0.05, 0.1) is 0 Å². The van der Waals surface area contributed by atoms with E-state index in [0.29, 0.717) is 36.9 Å². The van der Waals surface area contributed by atoms with Crippen LogP contribution in [0, 0.1) is 0 Å². The van der Waals surface area contributed by atoms with Gasteiger partial charge in [-0.3, -0.25) is 28.9 Å². The fraction of sp³-hybridized carbons (Fsp3) is 0.556. The zero-order chi connectivity index (χ0) is 41.1. The first kappa shape index (κ1) is 46.9. The molecule has 0 saturated carbocycles. The Hall–Kier alpha value is -4.45. The number of hydrogen-bond donors (Lipinski definition) is 2. The molecule has 0 aromatic heterocycles. The SMILES string of the molecule is C=CCOC(=O)CNC(=O)[C@H](CSC(=O)CCCCCCCCCCCCCCC)NC(=O)[C@@H]1CCCN1C(=O)OCc1ccc(C(=O)Cc2ccccc2)cc1. The number of thioether (sulfide) groups is 1. The van der Waals surface area contributed by atoms with E-state index in [1.54, 1.807) is 24.3 Å². The van der Waals surface area contributed by atoms with Crippen LogP contribution >= 0.6 is 11.8 Å². The van der Waals surface area contributed by atoms with E-state index in [2.05, 4.69) is 24.1 Å². The highest BCUT2D eigenvalue weighted by atomic mass is 32.2. The van der Waals surface area contributed by atoms with Gasteiger partial charge in [0, 0.05) is 30.7 Å². The fourth-order valence-electron chi connectivity index (χ4n) is 6.63. The maximum atomic E-state index is 13.5. The Kier molecular flexibility index (Phi) is 23.1. The number of benzene rings is 2. The molecule has 1 fully saturated rings. The predicted molar refractivity (Wildman–Crippen MR) is 225 cm³/mol. The van der Waals surface area contributed by atoms with Crippen LogP contribution in [0.4, 0.5) is 4.79 Å². The maximum absolute atomic E-state index is 13.5. The molecule has 12 heteroatoms. The topological polar surface area (TPSA) is 148 Å². The predicted octanol–water partition coefficient (Wildman–Crippen LogP) is 8.28. The first-order valence-electron chi connectivity index (χ1n) is 20.8. The molecule has 0 radical (unpaired) electrons. The van der Waals surface area contributed by atoms with Crippen molar-refractivity contribution in [3.05, 3.63) is 83.9 Å². The van der Waals surface area contributed by atoms with Crippen LogP contribution in [0.15, 0.2) is 67.3 Å². The molecule has 57 heavy (non-hydrogen) atoms. The number of unbranched alkanes of at least 4 members (excludes halogenated alkanes) is 12. The van der Waals surface area contributed by atoms with E-state index < -0.39 is 42.5 Å². The molecule has 2 N–H and O–H groups in total. The van der Waals surface area contributed by atoms with E-state index in [0.717, 1.165) is 43.0 Å². The van der Waals surface area contributed by atoms with Crippen LogP contribution in [-0.2, 0) is 41.7 Å². The quantitative estimate of drug-likeness (QED) is 0.0375. The van der Waals surface area contributed by atoms with Gasteiger partial charge in [0.1, 0.15) is 31.8 Å². The number of nitrogens with one attached hydrogen (secondary N) is 2. The molecule has 3 rings (SSSR count). The lowest BCUT2D eigenvalue weighted by atomic mass is 10.0. The molecule has 0 spiro atoms. The van der Waals surface area contributed by atoms with Gasteiger partial charge in [0.2, 0.25) is 11.8 Å². The lowest BCUT2D eigenvalue weighted by molar-refractivity contribution is -0.143. The van der Waals surface area contributed by atoms with Crippen molar-refractivity contribution >= 4 is 46.5 Å². The molecule has 2 atom stereocenters. The summed E-state index contributed by atoms with van der Waals surface area (Å²) in [6.45, 7) is 5.55. The van der Waals surface area contributed by atoms with Crippen molar-refractivity contribution in [1.82, 2.24) is 15.5 Å². The van der Waals surface area contributed by atoms with Gasteiger partial charge in [-0.2, -0.15) is 0 Å². The van der Waals surface area contributed by atoms with Gasteiger partial charge in [0.15, 0.2) is 10.9 Å². The largest absolute Gasteiger partial charge is 0.460 e. The summed E-state index contributed by atoms with van der Waals surface area (Å²) >= 11 is 0.975. The zero-order valence-electron chi connectivity index (χ0n) is 33.8. The third kappa shape index (κ3) is 19.0. The zero-order valence-corrected chi connectivity index (χ0v) is 34.6. The van der Waals surface area contributed by atoms with Crippen LogP contribution in [0.3, 0.4) is 0 Å². The van der Waals surface area contributed by atoms with Gasteiger partial charge >= 0.3 is 12.1 Å². The molecule has 3 amide bonds. The third-order valence-electron chi connectivity index (χ3n) is 9.93. The molecule has 0 bridgehead atoms. The molecule has 1 saturated heterocycles. The number of Topliss-reactive ketones (excluding diaryl/α,β-unsaturated/α-hetero) is 1. The van der Waals surface area contributed by atoms with Gasteiger partial charge < -0.3 is 20.1 Å². The van der Waals surface area contributed by atoms with Crippen LogP contribution in [0.1, 0.15) is 131 Å². The third-order valence-corrected chi connectivity index (χ3v) is 11.0. The Bertz CT molecular complexity index is 1550. The van der Waals surface area contributed by atoms with Crippen molar-refractivity contribution in [2.24, 2.45) is 0 Å². The highest BCUT2D eigenvalue weighted by molar-refractivity contribution is 8.13. The molecule has 11 nitrogen and oxygen atoms in total. The highest BCUT2D eigenvalue weighted by Crippen LogP contribution is 2.21. The van der Waals surface area contributed by atoms with Crippen LogP contribution in [0.2, 0.25) is 0 Å². The molecule has 312 valence electrons. The summed E-state index contributed by atoms with van der Waals surface area (Å²) in [4.78, 5) is 78.8. The molecule has 1 aliphatic rings. The average Bonchev–Trinajstić information content (AvgIpc) is 3.72. The number of ketones is 1. The normalized spacial score (nSPS) is 14.1. The fourth-order valence-corrected chi connectivity index (χ4v) is 7.50. The van der Waals surface area contributed by atoms with Gasteiger partial charge in [-0.05, 0) is 30.4 Å². The Morgan fingerprint density at radius 3 is 2.09 bits per heavy atom. The number of likely N-dealkylation sites (tertiary alicyclic amines) is 1. The lowest BCUT2D eigenvalue weighted by Crippen LogP contribution is -2.54.